The Morgan fingerprint density at radius 2 is 1.93 bits per heavy atom. The number of ether oxygens (including phenoxy) is 1. The first-order chi connectivity index (χ1) is 14.2. The molecule has 4 nitrogen and oxygen atoms in total. The lowest BCUT2D eigenvalue weighted by Crippen LogP contribution is -2.62. The molecule has 1 aromatic carbocycles. The van der Waals surface area contributed by atoms with Crippen molar-refractivity contribution in [3.05, 3.63) is 47.0 Å². The molecule has 0 spiro atoms. The van der Waals surface area contributed by atoms with Crippen LogP contribution in [0.25, 0.3) is 0 Å². The van der Waals surface area contributed by atoms with Crippen molar-refractivity contribution >= 4 is 5.91 Å². The molecule has 29 heavy (non-hydrogen) atoms. The van der Waals surface area contributed by atoms with Gasteiger partial charge in [0, 0.05) is 41.9 Å². The molecule has 1 atom stereocenters. The van der Waals surface area contributed by atoms with Gasteiger partial charge in [-0.3, -0.25) is 9.69 Å². The normalized spacial score (nSPS) is 23.9. The topological polar surface area (TPSA) is 41.6 Å². The minimum absolute atomic E-state index is 0.0529. The molecule has 1 saturated heterocycles. The second kappa shape index (κ2) is 9.11. The second-order valence-electron chi connectivity index (χ2n) is 8.25. The number of morpholine rings is 1. The smallest absolute Gasteiger partial charge is 0.251 e. The van der Waals surface area contributed by atoms with E-state index in [0.717, 1.165) is 57.6 Å². The van der Waals surface area contributed by atoms with Gasteiger partial charge in [0.05, 0.1) is 13.2 Å². The standard InChI is InChI=1S/C24H29FN2O2/c25-22-5-2-1-4-20(22)9-6-19-7-10-21(11-8-19)23(28)26-18-24(12-3-13-24)27-14-16-29-17-15-27/h4,7-8,10-11,22H,1-3,5,12-18H2,(H,26,28). The molecule has 1 amide bonds. The van der Waals surface area contributed by atoms with Crippen LogP contribution in [0.2, 0.25) is 0 Å². The average Bonchev–Trinajstić information content (AvgIpc) is 2.73. The lowest BCUT2D eigenvalue weighted by molar-refractivity contribution is -0.0540. The van der Waals surface area contributed by atoms with Crippen molar-refractivity contribution in [2.24, 2.45) is 0 Å². The molecule has 5 heteroatoms. The number of amides is 1. The van der Waals surface area contributed by atoms with Gasteiger partial charge in [-0.15, -0.1) is 0 Å². The van der Waals surface area contributed by atoms with Crippen molar-refractivity contribution in [3.63, 3.8) is 0 Å². The van der Waals surface area contributed by atoms with Crippen molar-refractivity contribution < 1.29 is 13.9 Å². The summed E-state index contributed by atoms with van der Waals surface area (Å²) < 4.78 is 19.3. The van der Waals surface area contributed by atoms with E-state index in [1.54, 1.807) is 12.1 Å². The van der Waals surface area contributed by atoms with Gasteiger partial charge in [-0.1, -0.05) is 17.9 Å². The molecule has 154 valence electrons. The first-order valence-electron chi connectivity index (χ1n) is 10.7. The maximum Gasteiger partial charge on any atom is 0.251 e. The van der Waals surface area contributed by atoms with E-state index in [2.05, 4.69) is 22.1 Å². The zero-order valence-corrected chi connectivity index (χ0v) is 16.9. The first kappa shape index (κ1) is 20.1. The van der Waals surface area contributed by atoms with E-state index in [0.29, 0.717) is 24.1 Å². The molecule has 0 radical (unpaired) electrons. The first-order valence-corrected chi connectivity index (χ1v) is 10.7. The molecule has 1 N–H and O–H groups in total. The number of carbonyl (C=O) groups excluding carboxylic acids is 1. The van der Waals surface area contributed by atoms with Crippen LogP contribution in [-0.4, -0.2) is 55.4 Å². The predicted octanol–water partition coefficient (Wildman–Crippen LogP) is 3.47. The van der Waals surface area contributed by atoms with Crippen LogP contribution in [0.15, 0.2) is 35.9 Å². The number of carbonyl (C=O) groups is 1. The Balaban J connectivity index is 1.34. The fourth-order valence-electron chi connectivity index (χ4n) is 4.39. The van der Waals surface area contributed by atoms with Crippen LogP contribution in [0.4, 0.5) is 4.39 Å². The van der Waals surface area contributed by atoms with E-state index in [4.69, 9.17) is 4.74 Å². The molecule has 2 fully saturated rings. The van der Waals surface area contributed by atoms with E-state index in [1.807, 2.05) is 18.2 Å². The van der Waals surface area contributed by atoms with Crippen LogP contribution in [-0.2, 0) is 4.74 Å². The monoisotopic (exact) mass is 396 g/mol. The van der Waals surface area contributed by atoms with Crippen LogP contribution in [0, 0.1) is 11.8 Å². The van der Waals surface area contributed by atoms with E-state index < -0.39 is 6.17 Å². The fraction of sp³-hybridized carbons (Fsp3) is 0.542. The van der Waals surface area contributed by atoms with Gasteiger partial charge >= 0.3 is 0 Å². The minimum atomic E-state index is -0.938. The highest BCUT2D eigenvalue weighted by Gasteiger charge is 2.42. The van der Waals surface area contributed by atoms with E-state index >= 15 is 0 Å². The number of alkyl halides is 1. The van der Waals surface area contributed by atoms with Gasteiger partial charge in [0.1, 0.15) is 6.17 Å². The Morgan fingerprint density at radius 1 is 1.17 bits per heavy atom. The van der Waals surface area contributed by atoms with Crippen molar-refractivity contribution in [1.82, 2.24) is 10.2 Å². The predicted molar refractivity (Wildman–Crippen MR) is 111 cm³/mol. The summed E-state index contributed by atoms with van der Waals surface area (Å²) in [6.45, 7) is 4.12. The molecule has 1 saturated carbocycles. The average molecular weight is 397 g/mol. The summed E-state index contributed by atoms with van der Waals surface area (Å²) in [6, 6.07) is 7.26. The van der Waals surface area contributed by atoms with E-state index in [1.165, 1.54) is 6.42 Å². The van der Waals surface area contributed by atoms with Gasteiger partial charge in [-0.2, -0.15) is 0 Å². The number of benzene rings is 1. The maximum absolute atomic E-state index is 13.8. The van der Waals surface area contributed by atoms with Crippen molar-refractivity contribution in [1.29, 1.82) is 0 Å². The van der Waals surface area contributed by atoms with Crippen molar-refractivity contribution in [2.45, 2.75) is 50.2 Å². The Labute approximate surface area is 172 Å². The number of nitrogens with zero attached hydrogens (tertiary/aromatic N) is 1. The third kappa shape index (κ3) is 4.71. The SMILES string of the molecule is O=C(NCC1(N2CCOCC2)CCC1)c1ccc(C#CC2=CCCCC2F)cc1. The molecular weight excluding hydrogens is 367 g/mol. The number of hydrogen-bond acceptors (Lipinski definition) is 3. The van der Waals surface area contributed by atoms with Gasteiger partial charge in [0.15, 0.2) is 0 Å². The van der Waals surface area contributed by atoms with Gasteiger partial charge in [0.25, 0.3) is 5.91 Å². The summed E-state index contributed by atoms with van der Waals surface area (Å²) in [5.74, 6) is 5.92. The van der Waals surface area contributed by atoms with Gasteiger partial charge in [-0.25, -0.2) is 4.39 Å². The molecule has 2 aliphatic carbocycles. The highest BCUT2D eigenvalue weighted by molar-refractivity contribution is 5.94. The molecule has 1 unspecified atom stereocenters. The zero-order valence-electron chi connectivity index (χ0n) is 16.9. The highest BCUT2D eigenvalue weighted by Crippen LogP contribution is 2.37. The van der Waals surface area contributed by atoms with Crippen LogP contribution >= 0.6 is 0 Å². The summed E-state index contributed by atoms with van der Waals surface area (Å²) in [7, 11) is 0. The molecule has 1 aromatic rings. The minimum Gasteiger partial charge on any atom is -0.379 e. The Kier molecular flexibility index (Phi) is 6.32. The molecule has 0 bridgehead atoms. The lowest BCUT2D eigenvalue weighted by atomic mass is 9.75. The molecule has 1 heterocycles. The molecule has 1 aliphatic heterocycles. The summed E-state index contributed by atoms with van der Waals surface area (Å²) in [6.07, 6.45) is 6.79. The van der Waals surface area contributed by atoms with Gasteiger partial charge in [-0.05, 0) is 62.8 Å². The molecule has 4 rings (SSSR count). The fourth-order valence-corrected chi connectivity index (χ4v) is 4.39. The van der Waals surface area contributed by atoms with Crippen LogP contribution in [0.3, 0.4) is 0 Å². The van der Waals surface area contributed by atoms with E-state index in [9.17, 15) is 9.18 Å². The molecular formula is C24H29FN2O2. The van der Waals surface area contributed by atoms with Crippen molar-refractivity contribution in [3.8, 4) is 11.8 Å². The van der Waals surface area contributed by atoms with Crippen molar-refractivity contribution in [2.75, 3.05) is 32.8 Å². The zero-order chi connectivity index (χ0) is 20.1. The number of hydrogen-bond donors (Lipinski definition) is 1. The third-order valence-corrected chi connectivity index (χ3v) is 6.41. The molecule has 0 aromatic heterocycles. The quantitative estimate of drug-likeness (QED) is 0.793. The van der Waals surface area contributed by atoms with Crippen LogP contribution in [0.1, 0.15) is 54.4 Å². The van der Waals surface area contributed by atoms with Crippen LogP contribution < -0.4 is 5.32 Å². The van der Waals surface area contributed by atoms with Crippen LogP contribution in [0.5, 0.6) is 0 Å². The van der Waals surface area contributed by atoms with Gasteiger partial charge < -0.3 is 10.1 Å². The second-order valence-corrected chi connectivity index (χ2v) is 8.25. The Hall–Kier alpha value is -2.16. The van der Waals surface area contributed by atoms with Gasteiger partial charge in [0.2, 0.25) is 0 Å². The molecule has 3 aliphatic rings. The lowest BCUT2D eigenvalue weighted by Gasteiger charge is -2.51. The summed E-state index contributed by atoms with van der Waals surface area (Å²) in [5, 5.41) is 3.13. The largest absolute Gasteiger partial charge is 0.379 e. The number of halogens is 1. The highest BCUT2D eigenvalue weighted by atomic mass is 19.1. The number of rotatable bonds is 4. The third-order valence-electron chi connectivity index (χ3n) is 6.41. The van der Waals surface area contributed by atoms with E-state index in [-0.39, 0.29) is 11.4 Å². The Bertz CT molecular complexity index is 812. The summed E-state index contributed by atoms with van der Waals surface area (Å²) in [4.78, 5) is 15.1. The maximum atomic E-state index is 13.8. The summed E-state index contributed by atoms with van der Waals surface area (Å²) >= 11 is 0. The summed E-state index contributed by atoms with van der Waals surface area (Å²) in [5.41, 5.74) is 2.12. The Morgan fingerprint density at radius 3 is 2.59 bits per heavy atom. The number of nitrogens with one attached hydrogen (secondary N) is 1. The number of allylic oxidation sites excluding steroid dienone is 2.